The maximum absolute atomic E-state index is 14.5. The molecule has 0 bridgehead atoms. The molecular formula is C33H28ClFN2O6S. The Morgan fingerprint density at radius 2 is 1.86 bits per heavy atom. The first-order valence-electron chi connectivity index (χ1n) is 14.3. The minimum atomic E-state index is -1.38. The Hall–Kier alpha value is -4.02. The molecule has 8 nitrogen and oxygen atoms in total. The van der Waals surface area contributed by atoms with E-state index in [0.29, 0.717) is 17.7 Å². The van der Waals surface area contributed by atoms with Crippen LogP contribution in [0.25, 0.3) is 0 Å². The number of aromatic hydroxyl groups is 1. The van der Waals surface area contributed by atoms with Crippen molar-refractivity contribution in [3.05, 3.63) is 86.8 Å². The monoisotopic (exact) mass is 634 g/mol. The molecule has 2 aromatic carbocycles. The third-order valence-electron chi connectivity index (χ3n) is 9.97. The predicted octanol–water partition coefficient (Wildman–Crippen LogP) is 5.69. The van der Waals surface area contributed by atoms with Crippen LogP contribution in [0.2, 0.25) is 5.02 Å². The average molecular weight is 635 g/mol. The third kappa shape index (κ3) is 4.00. The van der Waals surface area contributed by atoms with Gasteiger partial charge in [0.05, 0.1) is 47.5 Å². The van der Waals surface area contributed by atoms with Gasteiger partial charge >= 0.3 is 0 Å². The van der Waals surface area contributed by atoms with E-state index >= 15 is 0 Å². The summed E-state index contributed by atoms with van der Waals surface area (Å²) in [6.07, 6.45) is 2.38. The molecular weight excluding hydrogens is 607 g/mol. The zero-order valence-corrected chi connectivity index (χ0v) is 25.4. The Bertz CT molecular complexity index is 1780. The van der Waals surface area contributed by atoms with Crippen molar-refractivity contribution in [1.29, 1.82) is 0 Å². The normalized spacial score (nSPS) is 29.5. The van der Waals surface area contributed by atoms with Gasteiger partial charge in [0.15, 0.2) is 0 Å². The van der Waals surface area contributed by atoms with E-state index in [1.807, 2.05) is 23.6 Å². The second-order valence-corrected chi connectivity index (χ2v) is 13.5. The highest BCUT2D eigenvalue weighted by Gasteiger charge is 2.68. The molecule has 6 unspecified atom stereocenters. The molecule has 1 aromatic heterocycles. The van der Waals surface area contributed by atoms with E-state index in [2.05, 4.69) is 0 Å². The van der Waals surface area contributed by atoms with Crippen LogP contribution in [0.15, 0.2) is 65.6 Å². The molecule has 7 rings (SSSR count). The number of benzene rings is 2. The molecule has 0 radical (unpaired) electrons. The largest absolute Gasteiger partial charge is 0.508 e. The number of hydrogen-bond acceptors (Lipinski definition) is 7. The van der Waals surface area contributed by atoms with Gasteiger partial charge in [0, 0.05) is 16.4 Å². The first-order valence-corrected chi connectivity index (χ1v) is 15.6. The second-order valence-electron chi connectivity index (χ2n) is 12.0. The summed E-state index contributed by atoms with van der Waals surface area (Å²) in [6.45, 7) is 1.89. The van der Waals surface area contributed by atoms with E-state index < -0.39 is 52.6 Å². The van der Waals surface area contributed by atoms with Crippen molar-refractivity contribution >= 4 is 52.3 Å². The van der Waals surface area contributed by atoms with Gasteiger partial charge in [-0.3, -0.25) is 24.1 Å². The summed E-state index contributed by atoms with van der Waals surface area (Å²) in [4.78, 5) is 59.6. The van der Waals surface area contributed by atoms with Crippen molar-refractivity contribution < 1.29 is 33.4 Å². The van der Waals surface area contributed by atoms with E-state index in [1.165, 1.54) is 41.5 Å². The van der Waals surface area contributed by atoms with Crippen molar-refractivity contribution in [1.82, 2.24) is 4.90 Å². The molecule has 6 atom stereocenters. The molecule has 0 spiro atoms. The number of likely N-dealkylation sites (tertiary alicyclic amines) is 1. The van der Waals surface area contributed by atoms with Gasteiger partial charge in [0.2, 0.25) is 23.6 Å². The van der Waals surface area contributed by atoms with E-state index in [9.17, 15) is 28.7 Å². The number of thiophene rings is 1. The fourth-order valence-corrected chi connectivity index (χ4v) is 8.77. The Labute approximate surface area is 261 Å². The Kier molecular flexibility index (Phi) is 6.71. The molecule has 226 valence electrons. The highest BCUT2D eigenvalue weighted by molar-refractivity contribution is 7.09. The van der Waals surface area contributed by atoms with Crippen LogP contribution in [0.5, 0.6) is 11.5 Å². The number of carbonyl (C=O) groups is 4. The van der Waals surface area contributed by atoms with Crippen LogP contribution in [0.3, 0.4) is 0 Å². The van der Waals surface area contributed by atoms with Crippen LogP contribution < -0.4 is 9.64 Å². The van der Waals surface area contributed by atoms with Crippen molar-refractivity contribution in [2.24, 2.45) is 29.1 Å². The van der Waals surface area contributed by atoms with Crippen LogP contribution in [-0.2, 0) is 25.7 Å². The van der Waals surface area contributed by atoms with Gasteiger partial charge in [-0.1, -0.05) is 29.3 Å². The highest BCUT2D eigenvalue weighted by atomic mass is 35.5. The second kappa shape index (κ2) is 10.3. The number of methoxy groups -OCH3 is 1. The quantitative estimate of drug-likeness (QED) is 0.286. The van der Waals surface area contributed by atoms with Gasteiger partial charge in [0.25, 0.3) is 0 Å². The third-order valence-corrected chi connectivity index (χ3v) is 11.1. The van der Waals surface area contributed by atoms with Crippen LogP contribution in [0.4, 0.5) is 10.1 Å². The molecule has 3 heterocycles. The van der Waals surface area contributed by atoms with E-state index in [0.717, 1.165) is 21.4 Å². The molecule has 2 aliphatic carbocycles. The number of ether oxygens (including phenoxy) is 1. The summed E-state index contributed by atoms with van der Waals surface area (Å²) < 4.78 is 19.5. The first kappa shape index (κ1) is 28.7. The fraction of sp³-hybridized carbons (Fsp3) is 0.333. The van der Waals surface area contributed by atoms with Crippen LogP contribution in [-0.4, -0.2) is 40.7 Å². The molecule has 2 aliphatic heterocycles. The number of imide groups is 2. The number of carbonyl (C=O) groups excluding carboxylic acids is 4. The van der Waals surface area contributed by atoms with E-state index in [-0.39, 0.29) is 41.2 Å². The molecule has 4 amide bonds. The number of nitrogens with zero attached hydrogens (tertiary/aromatic N) is 2. The fourth-order valence-electron chi connectivity index (χ4n) is 7.90. The number of anilines is 1. The molecule has 4 aliphatic rings. The van der Waals surface area contributed by atoms with Gasteiger partial charge < -0.3 is 9.84 Å². The van der Waals surface area contributed by atoms with Gasteiger partial charge in [-0.05, 0) is 73.5 Å². The standard InChI is InChI=1S/C33H28ClFN2O6S/c1-33-23(30(40)37(32(33)42)16-5-9-25(35)24(34)12-16)14-21-19(28(33)22-13-17(43-2)6-10-26(22)38)7-8-20-27(21)31(41)36(29(20)39)15-18-4-3-11-44-18/h3-7,9-13,20-21,23,27-28,38H,8,14-15H2,1-2H3. The van der Waals surface area contributed by atoms with E-state index in [1.54, 1.807) is 19.1 Å². The Morgan fingerprint density at radius 3 is 2.57 bits per heavy atom. The van der Waals surface area contributed by atoms with Crippen LogP contribution in [0, 0.1) is 34.9 Å². The summed E-state index contributed by atoms with van der Waals surface area (Å²) in [5, 5.41) is 12.9. The highest BCUT2D eigenvalue weighted by Crippen LogP contribution is 2.64. The molecule has 44 heavy (non-hydrogen) atoms. The minimum Gasteiger partial charge on any atom is -0.508 e. The predicted molar refractivity (Wildman–Crippen MR) is 161 cm³/mol. The van der Waals surface area contributed by atoms with Crippen molar-refractivity contribution in [3.63, 3.8) is 0 Å². The first-order chi connectivity index (χ1) is 21.1. The van der Waals surface area contributed by atoms with Crippen molar-refractivity contribution in [2.75, 3.05) is 12.0 Å². The lowest BCUT2D eigenvalue weighted by Crippen LogP contribution is -2.48. The number of hydrogen-bond donors (Lipinski definition) is 1. The number of phenolic OH excluding ortho intramolecular Hbond substituents is 1. The number of allylic oxidation sites excluding steroid dienone is 2. The topological polar surface area (TPSA) is 104 Å². The number of fused-ring (bicyclic) bond motifs is 4. The van der Waals surface area contributed by atoms with Crippen molar-refractivity contribution in [2.45, 2.75) is 32.2 Å². The van der Waals surface area contributed by atoms with Gasteiger partial charge in [-0.15, -0.1) is 11.3 Å². The van der Waals surface area contributed by atoms with Gasteiger partial charge in [-0.2, -0.15) is 0 Å². The molecule has 1 saturated carbocycles. The summed E-state index contributed by atoms with van der Waals surface area (Å²) in [7, 11) is 1.49. The lowest BCUT2D eigenvalue weighted by molar-refractivity contribution is -0.141. The number of phenols is 1. The number of halogens is 2. The summed E-state index contributed by atoms with van der Waals surface area (Å²) >= 11 is 7.52. The van der Waals surface area contributed by atoms with Crippen LogP contribution >= 0.6 is 22.9 Å². The molecule has 2 saturated heterocycles. The smallest absolute Gasteiger partial charge is 0.241 e. The molecule has 11 heteroatoms. The SMILES string of the molecule is COc1ccc(O)c(C2C3=CCC4C(=O)N(Cc5cccs5)C(=O)C4C3CC3C(=O)N(c4ccc(F)c(Cl)c4)C(=O)C32C)c1. The maximum Gasteiger partial charge on any atom is 0.241 e. The lowest BCUT2D eigenvalue weighted by atomic mass is 9.51. The van der Waals surface area contributed by atoms with E-state index in [4.69, 9.17) is 16.3 Å². The Balaban J connectivity index is 1.37. The summed E-state index contributed by atoms with van der Waals surface area (Å²) in [5.41, 5.74) is -0.106. The van der Waals surface area contributed by atoms with Crippen LogP contribution in [0.1, 0.15) is 36.1 Å². The molecule has 3 aromatic rings. The summed E-state index contributed by atoms with van der Waals surface area (Å²) in [5.74, 6) is -5.40. The molecule has 1 N–H and O–H groups in total. The lowest BCUT2D eigenvalue weighted by Gasteiger charge is -2.49. The summed E-state index contributed by atoms with van der Waals surface area (Å²) in [6, 6.07) is 12.2. The van der Waals surface area contributed by atoms with Gasteiger partial charge in [0.1, 0.15) is 17.3 Å². The molecule has 3 fully saturated rings. The maximum atomic E-state index is 14.5. The van der Waals surface area contributed by atoms with Crippen molar-refractivity contribution in [3.8, 4) is 11.5 Å². The minimum absolute atomic E-state index is 0.0869. The number of amides is 4. The van der Waals surface area contributed by atoms with Gasteiger partial charge in [-0.25, -0.2) is 9.29 Å². The zero-order chi connectivity index (χ0) is 31.1. The number of rotatable bonds is 5. The Morgan fingerprint density at radius 1 is 1.07 bits per heavy atom. The average Bonchev–Trinajstić information content (AvgIpc) is 3.66. The zero-order valence-electron chi connectivity index (χ0n) is 23.8.